The average Bonchev–Trinajstić information content (AvgIpc) is 2.52. The Kier molecular flexibility index (Phi) is 5.83. The smallest absolute Gasteiger partial charge is 0.423 e. The number of anilines is 2. The van der Waals surface area contributed by atoms with Gasteiger partial charge in [0.2, 0.25) is 11.8 Å². The first-order chi connectivity index (χ1) is 11.4. The minimum atomic E-state index is -4.57. The van der Waals surface area contributed by atoms with Gasteiger partial charge in [-0.3, -0.25) is 0 Å². The molecular formula is C16H18F3N3O2. The Hall–Kier alpha value is -2.51. The predicted octanol–water partition coefficient (Wildman–Crippen LogP) is 4.43. The molecule has 5 nitrogen and oxygen atoms in total. The Labute approximate surface area is 137 Å². The van der Waals surface area contributed by atoms with E-state index < -0.39 is 17.6 Å². The van der Waals surface area contributed by atoms with Crippen LogP contribution in [-0.2, 0) is 6.18 Å². The van der Waals surface area contributed by atoms with E-state index in [0.717, 1.165) is 0 Å². The molecule has 0 radical (unpaired) electrons. The SMILES string of the molecule is CCCOc1nc(Nc2cccc(OCC)c2)ncc1C(F)(F)F. The number of aromatic nitrogens is 2. The fraction of sp³-hybridized carbons (Fsp3) is 0.375. The summed E-state index contributed by atoms with van der Waals surface area (Å²) in [6, 6.07) is 6.97. The van der Waals surface area contributed by atoms with Crippen LogP contribution >= 0.6 is 0 Å². The summed E-state index contributed by atoms with van der Waals surface area (Å²) < 4.78 is 49.4. The van der Waals surface area contributed by atoms with E-state index in [-0.39, 0.29) is 12.6 Å². The Morgan fingerprint density at radius 3 is 2.62 bits per heavy atom. The Morgan fingerprint density at radius 2 is 1.96 bits per heavy atom. The number of ether oxygens (including phenoxy) is 2. The lowest BCUT2D eigenvalue weighted by molar-refractivity contribution is -0.139. The molecule has 0 aliphatic carbocycles. The summed E-state index contributed by atoms with van der Waals surface area (Å²) in [5, 5.41) is 2.85. The molecule has 2 rings (SSSR count). The van der Waals surface area contributed by atoms with Crippen LogP contribution in [0.2, 0.25) is 0 Å². The third-order valence-electron chi connectivity index (χ3n) is 2.90. The maximum Gasteiger partial charge on any atom is 0.423 e. The highest BCUT2D eigenvalue weighted by molar-refractivity contribution is 5.56. The molecule has 8 heteroatoms. The van der Waals surface area contributed by atoms with Crippen molar-refractivity contribution in [1.29, 1.82) is 0 Å². The minimum absolute atomic E-state index is 0.0164. The molecule has 0 bridgehead atoms. The van der Waals surface area contributed by atoms with Gasteiger partial charge in [0.1, 0.15) is 11.3 Å². The average molecular weight is 341 g/mol. The van der Waals surface area contributed by atoms with Crippen molar-refractivity contribution in [2.24, 2.45) is 0 Å². The van der Waals surface area contributed by atoms with Crippen molar-refractivity contribution in [2.75, 3.05) is 18.5 Å². The van der Waals surface area contributed by atoms with Crippen molar-refractivity contribution in [2.45, 2.75) is 26.4 Å². The Bertz CT molecular complexity index is 678. The molecule has 0 aliphatic rings. The third kappa shape index (κ3) is 4.74. The molecule has 0 saturated carbocycles. The van der Waals surface area contributed by atoms with Gasteiger partial charge >= 0.3 is 6.18 Å². The van der Waals surface area contributed by atoms with Crippen LogP contribution in [0.1, 0.15) is 25.8 Å². The summed E-state index contributed by atoms with van der Waals surface area (Å²) in [6.07, 6.45) is -3.29. The van der Waals surface area contributed by atoms with E-state index in [4.69, 9.17) is 9.47 Å². The summed E-state index contributed by atoms with van der Waals surface area (Å²) in [5.41, 5.74) is -0.397. The largest absolute Gasteiger partial charge is 0.494 e. The molecule has 1 heterocycles. The van der Waals surface area contributed by atoms with E-state index in [2.05, 4.69) is 15.3 Å². The van der Waals surface area contributed by atoms with E-state index in [1.54, 1.807) is 31.2 Å². The maximum atomic E-state index is 13.0. The zero-order valence-corrected chi connectivity index (χ0v) is 13.4. The number of halogens is 3. The molecule has 0 spiro atoms. The van der Waals surface area contributed by atoms with E-state index in [1.807, 2.05) is 6.92 Å². The summed E-state index contributed by atoms with van der Waals surface area (Å²) in [7, 11) is 0. The summed E-state index contributed by atoms with van der Waals surface area (Å²) in [6.45, 7) is 4.30. The van der Waals surface area contributed by atoms with Crippen LogP contribution in [0.5, 0.6) is 11.6 Å². The molecule has 130 valence electrons. The number of hydrogen-bond donors (Lipinski definition) is 1. The van der Waals surface area contributed by atoms with E-state index in [1.165, 1.54) is 0 Å². The van der Waals surface area contributed by atoms with Crippen molar-refractivity contribution < 1.29 is 22.6 Å². The third-order valence-corrected chi connectivity index (χ3v) is 2.90. The highest BCUT2D eigenvalue weighted by atomic mass is 19.4. The highest BCUT2D eigenvalue weighted by Crippen LogP contribution is 2.35. The molecule has 0 saturated heterocycles. The number of alkyl halides is 3. The van der Waals surface area contributed by atoms with Crippen LogP contribution < -0.4 is 14.8 Å². The predicted molar refractivity (Wildman–Crippen MR) is 83.7 cm³/mol. The van der Waals surface area contributed by atoms with Crippen molar-refractivity contribution in [3.8, 4) is 11.6 Å². The number of rotatable bonds is 7. The molecule has 24 heavy (non-hydrogen) atoms. The summed E-state index contributed by atoms with van der Waals surface area (Å²) in [5.74, 6) is 0.169. The van der Waals surface area contributed by atoms with E-state index >= 15 is 0 Å². The second-order valence-electron chi connectivity index (χ2n) is 4.84. The van der Waals surface area contributed by atoms with Crippen LogP contribution in [0.25, 0.3) is 0 Å². The molecule has 0 aliphatic heterocycles. The second kappa shape index (κ2) is 7.85. The summed E-state index contributed by atoms with van der Waals surface area (Å²) >= 11 is 0. The molecule has 0 fully saturated rings. The molecule has 2 aromatic rings. The van der Waals surface area contributed by atoms with Gasteiger partial charge in [-0.25, -0.2) is 4.98 Å². The number of nitrogens with zero attached hydrogens (tertiary/aromatic N) is 2. The van der Waals surface area contributed by atoms with Crippen molar-refractivity contribution in [3.05, 3.63) is 36.0 Å². The lowest BCUT2D eigenvalue weighted by atomic mass is 10.3. The van der Waals surface area contributed by atoms with Gasteiger partial charge < -0.3 is 14.8 Å². The van der Waals surface area contributed by atoms with Gasteiger partial charge in [0.15, 0.2) is 0 Å². The number of benzene rings is 1. The van der Waals surface area contributed by atoms with Crippen molar-refractivity contribution in [1.82, 2.24) is 9.97 Å². The lowest BCUT2D eigenvalue weighted by Crippen LogP contribution is -2.12. The summed E-state index contributed by atoms with van der Waals surface area (Å²) in [4.78, 5) is 7.56. The first-order valence-electron chi connectivity index (χ1n) is 7.51. The monoisotopic (exact) mass is 341 g/mol. The number of nitrogens with one attached hydrogen (secondary N) is 1. The minimum Gasteiger partial charge on any atom is -0.494 e. The Balaban J connectivity index is 2.26. The van der Waals surface area contributed by atoms with Crippen LogP contribution in [0.3, 0.4) is 0 Å². The molecular weight excluding hydrogens is 323 g/mol. The fourth-order valence-electron chi connectivity index (χ4n) is 1.89. The first kappa shape index (κ1) is 17.8. The quantitative estimate of drug-likeness (QED) is 0.807. The molecule has 0 unspecified atom stereocenters. The molecule has 1 aromatic heterocycles. The van der Waals surface area contributed by atoms with Crippen molar-refractivity contribution in [3.63, 3.8) is 0 Å². The van der Waals surface area contributed by atoms with Gasteiger partial charge in [0.05, 0.1) is 13.2 Å². The second-order valence-corrected chi connectivity index (χ2v) is 4.84. The molecule has 0 atom stereocenters. The van der Waals surface area contributed by atoms with Crippen LogP contribution in [0.4, 0.5) is 24.8 Å². The van der Waals surface area contributed by atoms with Gasteiger partial charge in [0, 0.05) is 18.0 Å². The molecule has 1 N–H and O–H groups in total. The van der Waals surface area contributed by atoms with Gasteiger partial charge in [0.25, 0.3) is 0 Å². The van der Waals surface area contributed by atoms with E-state index in [9.17, 15) is 13.2 Å². The fourth-order valence-corrected chi connectivity index (χ4v) is 1.89. The van der Waals surface area contributed by atoms with E-state index in [0.29, 0.717) is 30.7 Å². The van der Waals surface area contributed by atoms with Crippen LogP contribution in [-0.4, -0.2) is 23.2 Å². The van der Waals surface area contributed by atoms with Crippen LogP contribution in [0, 0.1) is 0 Å². The highest BCUT2D eigenvalue weighted by Gasteiger charge is 2.36. The molecule has 1 aromatic carbocycles. The lowest BCUT2D eigenvalue weighted by Gasteiger charge is -2.14. The zero-order chi connectivity index (χ0) is 17.6. The van der Waals surface area contributed by atoms with Gasteiger partial charge in [-0.15, -0.1) is 0 Å². The zero-order valence-electron chi connectivity index (χ0n) is 13.4. The van der Waals surface area contributed by atoms with Crippen LogP contribution in [0.15, 0.2) is 30.5 Å². The number of hydrogen-bond acceptors (Lipinski definition) is 5. The topological polar surface area (TPSA) is 56.3 Å². The normalized spacial score (nSPS) is 11.2. The van der Waals surface area contributed by atoms with Gasteiger partial charge in [-0.2, -0.15) is 18.2 Å². The molecule has 0 amide bonds. The maximum absolute atomic E-state index is 13.0. The Morgan fingerprint density at radius 1 is 1.17 bits per heavy atom. The first-order valence-corrected chi connectivity index (χ1v) is 7.51. The van der Waals surface area contributed by atoms with Crippen molar-refractivity contribution >= 4 is 11.6 Å². The van der Waals surface area contributed by atoms with Gasteiger partial charge in [-0.1, -0.05) is 13.0 Å². The van der Waals surface area contributed by atoms with Gasteiger partial charge in [-0.05, 0) is 25.5 Å². The standard InChI is InChI=1S/C16H18F3N3O2/c1-3-8-24-14-13(16(17,18)19)10-20-15(22-14)21-11-6-5-7-12(9-11)23-4-2/h5-7,9-10H,3-4,8H2,1-2H3,(H,20,21,22).